The lowest BCUT2D eigenvalue weighted by Crippen LogP contribution is -2.35. The zero-order valence-electron chi connectivity index (χ0n) is 10.5. The third-order valence-corrected chi connectivity index (χ3v) is 2.56. The van der Waals surface area contributed by atoms with E-state index in [1.807, 2.05) is 13.8 Å². The summed E-state index contributed by atoms with van der Waals surface area (Å²) in [7, 11) is 0. The quantitative estimate of drug-likeness (QED) is 0.781. The molecule has 1 N–H and O–H groups in total. The summed E-state index contributed by atoms with van der Waals surface area (Å²) in [6, 6.07) is 3.42. The first-order valence-electron chi connectivity index (χ1n) is 5.80. The molecule has 100 valence electrons. The van der Waals surface area contributed by atoms with E-state index in [0.29, 0.717) is 25.5 Å². The van der Waals surface area contributed by atoms with E-state index in [0.717, 1.165) is 4.47 Å². The fourth-order valence-corrected chi connectivity index (χ4v) is 1.55. The summed E-state index contributed by atoms with van der Waals surface area (Å²) in [5.41, 5.74) is 0.366. The van der Waals surface area contributed by atoms with Crippen LogP contribution in [0, 0.1) is 0 Å². The molecule has 0 atom stereocenters. The monoisotopic (exact) mass is 316 g/mol. The zero-order valence-corrected chi connectivity index (χ0v) is 12.1. The van der Waals surface area contributed by atoms with Crippen molar-refractivity contribution in [2.45, 2.75) is 20.1 Å². The van der Waals surface area contributed by atoms with Gasteiger partial charge in [-0.15, -0.1) is 0 Å². The van der Waals surface area contributed by atoms with Gasteiger partial charge in [0, 0.05) is 23.9 Å². The molecule has 0 aromatic carbocycles. The Balaban J connectivity index is 2.46. The standard InChI is InChI=1S/C12H17BrN2O3/c1-3-17-11(18-4-2)8-15-12(16)10-6-5-9(13)7-14-10/h5-7,11H,3-4,8H2,1-2H3,(H,15,16). The number of hydrogen-bond donors (Lipinski definition) is 1. The number of amides is 1. The van der Waals surface area contributed by atoms with Gasteiger partial charge in [-0.3, -0.25) is 4.79 Å². The van der Waals surface area contributed by atoms with Gasteiger partial charge in [0.25, 0.3) is 5.91 Å². The molecule has 0 radical (unpaired) electrons. The zero-order chi connectivity index (χ0) is 13.4. The van der Waals surface area contributed by atoms with Crippen LogP contribution in [-0.2, 0) is 9.47 Å². The first-order chi connectivity index (χ1) is 8.67. The smallest absolute Gasteiger partial charge is 0.270 e. The molecule has 1 aromatic rings. The number of hydrogen-bond acceptors (Lipinski definition) is 4. The number of nitrogens with one attached hydrogen (secondary N) is 1. The van der Waals surface area contributed by atoms with E-state index >= 15 is 0 Å². The Bertz CT molecular complexity index is 364. The molecule has 1 aromatic heterocycles. The van der Waals surface area contributed by atoms with Crippen LogP contribution in [0.4, 0.5) is 0 Å². The fraction of sp³-hybridized carbons (Fsp3) is 0.500. The molecule has 0 aliphatic carbocycles. The number of halogens is 1. The Morgan fingerprint density at radius 1 is 1.39 bits per heavy atom. The predicted molar refractivity (Wildman–Crippen MR) is 71.3 cm³/mol. The Hall–Kier alpha value is -0.980. The van der Waals surface area contributed by atoms with Crippen LogP contribution in [0.15, 0.2) is 22.8 Å². The molecule has 1 rings (SSSR count). The lowest BCUT2D eigenvalue weighted by molar-refractivity contribution is -0.131. The van der Waals surface area contributed by atoms with Gasteiger partial charge in [0.05, 0.1) is 6.54 Å². The van der Waals surface area contributed by atoms with E-state index in [2.05, 4.69) is 26.2 Å². The average Bonchev–Trinajstić information content (AvgIpc) is 2.37. The topological polar surface area (TPSA) is 60.5 Å². The summed E-state index contributed by atoms with van der Waals surface area (Å²) in [6.45, 7) is 5.14. The van der Waals surface area contributed by atoms with Gasteiger partial charge >= 0.3 is 0 Å². The second kappa shape index (κ2) is 8.18. The van der Waals surface area contributed by atoms with E-state index in [9.17, 15) is 4.79 Å². The van der Waals surface area contributed by atoms with Gasteiger partial charge in [-0.1, -0.05) is 0 Å². The molecule has 1 amide bonds. The molecule has 18 heavy (non-hydrogen) atoms. The molecule has 0 spiro atoms. The summed E-state index contributed by atoms with van der Waals surface area (Å²) in [5.74, 6) is -0.244. The molecule has 0 aliphatic rings. The Morgan fingerprint density at radius 3 is 2.56 bits per heavy atom. The highest BCUT2D eigenvalue weighted by Gasteiger charge is 2.12. The average molecular weight is 317 g/mol. The van der Waals surface area contributed by atoms with Gasteiger partial charge in [-0.05, 0) is 41.9 Å². The highest BCUT2D eigenvalue weighted by Crippen LogP contribution is 2.07. The molecule has 0 bridgehead atoms. The van der Waals surface area contributed by atoms with Gasteiger partial charge in [0.2, 0.25) is 0 Å². The SMILES string of the molecule is CCOC(CNC(=O)c1ccc(Br)cn1)OCC. The maximum Gasteiger partial charge on any atom is 0.270 e. The molecule has 1 heterocycles. The minimum atomic E-state index is -0.417. The van der Waals surface area contributed by atoms with Gasteiger partial charge in [0.1, 0.15) is 5.69 Å². The lowest BCUT2D eigenvalue weighted by atomic mass is 10.3. The van der Waals surface area contributed by atoms with Gasteiger partial charge in [0.15, 0.2) is 6.29 Å². The number of ether oxygens (including phenoxy) is 2. The van der Waals surface area contributed by atoms with Crippen molar-refractivity contribution in [1.82, 2.24) is 10.3 Å². The van der Waals surface area contributed by atoms with Crippen LogP contribution in [0.2, 0.25) is 0 Å². The van der Waals surface area contributed by atoms with Gasteiger partial charge < -0.3 is 14.8 Å². The molecular formula is C12H17BrN2O3. The van der Waals surface area contributed by atoms with Crippen LogP contribution in [-0.4, -0.2) is 36.9 Å². The van der Waals surface area contributed by atoms with Crippen molar-refractivity contribution in [2.24, 2.45) is 0 Å². The van der Waals surface area contributed by atoms with E-state index < -0.39 is 6.29 Å². The highest BCUT2D eigenvalue weighted by atomic mass is 79.9. The molecule has 0 saturated heterocycles. The number of carbonyl (C=O) groups excluding carboxylic acids is 1. The molecule has 6 heteroatoms. The van der Waals surface area contributed by atoms with Crippen molar-refractivity contribution >= 4 is 21.8 Å². The van der Waals surface area contributed by atoms with Crippen LogP contribution in [0.1, 0.15) is 24.3 Å². The summed E-state index contributed by atoms with van der Waals surface area (Å²) in [6.07, 6.45) is 1.16. The number of carbonyl (C=O) groups is 1. The first-order valence-corrected chi connectivity index (χ1v) is 6.59. The number of pyridine rings is 1. The molecule has 0 fully saturated rings. The highest BCUT2D eigenvalue weighted by molar-refractivity contribution is 9.10. The lowest BCUT2D eigenvalue weighted by Gasteiger charge is -2.17. The van der Waals surface area contributed by atoms with E-state index in [-0.39, 0.29) is 5.91 Å². The van der Waals surface area contributed by atoms with Crippen molar-refractivity contribution in [2.75, 3.05) is 19.8 Å². The third-order valence-electron chi connectivity index (χ3n) is 2.09. The van der Waals surface area contributed by atoms with Crippen LogP contribution >= 0.6 is 15.9 Å². The Kier molecular flexibility index (Phi) is 6.85. The van der Waals surface area contributed by atoms with Crippen LogP contribution < -0.4 is 5.32 Å². The van der Waals surface area contributed by atoms with Gasteiger partial charge in [-0.2, -0.15) is 0 Å². The van der Waals surface area contributed by atoms with E-state index in [1.165, 1.54) is 0 Å². The summed E-state index contributed by atoms with van der Waals surface area (Å²) in [4.78, 5) is 15.8. The van der Waals surface area contributed by atoms with E-state index in [4.69, 9.17) is 9.47 Å². The second-order valence-electron chi connectivity index (χ2n) is 3.41. The maximum atomic E-state index is 11.8. The molecule has 5 nitrogen and oxygen atoms in total. The second-order valence-corrected chi connectivity index (χ2v) is 4.33. The van der Waals surface area contributed by atoms with Crippen molar-refractivity contribution in [3.63, 3.8) is 0 Å². The summed E-state index contributed by atoms with van der Waals surface area (Å²) in [5, 5.41) is 2.72. The number of rotatable bonds is 7. The number of aromatic nitrogens is 1. The molecule has 0 aliphatic heterocycles. The van der Waals surface area contributed by atoms with Crippen LogP contribution in [0.3, 0.4) is 0 Å². The van der Waals surface area contributed by atoms with Crippen LogP contribution in [0.25, 0.3) is 0 Å². The summed E-state index contributed by atoms with van der Waals surface area (Å²) >= 11 is 3.26. The molecular weight excluding hydrogens is 300 g/mol. The minimum Gasteiger partial charge on any atom is -0.351 e. The Morgan fingerprint density at radius 2 is 2.06 bits per heavy atom. The van der Waals surface area contributed by atoms with Crippen molar-refractivity contribution in [3.05, 3.63) is 28.5 Å². The Labute approximate surface area is 115 Å². The first kappa shape index (κ1) is 15.1. The predicted octanol–water partition coefficient (Wildman–Crippen LogP) is 1.97. The van der Waals surface area contributed by atoms with Crippen molar-refractivity contribution < 1.29 is 14.3 Å². The third kappa shape index (κ3) is 5.12. The van der Waals surface area contributed by atoms with Crippen molar-refractivity contribution in [1.29, 1.82) is 0 Å². The van der Waals surface area contributed by atoms with Crippen molar-refractivity contribution in [3.8, 4) is 0 Å². The maximum absolute atomic E-state index is 11.8. The largest absolute Gasteiger partial charge is 0.351 e. The van der Waals surface area contributed by atoms with Gasteiger partial charge in [-0.25, -0.2) is 4.98 Å². The minimum absolute atomic E-state index is 0.244. The molecule has 0 unspecified atom stereocenters. The van der Waals surface area contributed by atoms with E-state index in [1.54, 1.807) is 18.3 Å². The molecule has 0 saturated carbocycles. The fourth-order valence-electron chi connectivity index (χ4n) is 1.31. The summed E-state index contributed by atoms with van der Waals surface area (Å²) < 4.78 is 11.5. The normalized spacial score (nSPS) is 10.7. The van der Waals surface area contributed by atoms with Crippen LogP contribution in [0.5, 0.6) is 0 Å². The number of nitrogens with zero attached hydrogens (tertiary/aromatic N) is 1.